The first-order chi connectivity index (χ1) is 21.9. The van der Waals surface area contributed by atoms with Gasteiger partial charge in [0.1, 0.15) is 5.82 Å². The smallest absolute Gasteiger partial charge is 0.265 e. The molecule has 0 radical (unpaired) electrons. The van der Waals surface area contributed by atoms with Crippen molar-refractivity contribution in [2.75, 3.05) is 37.4 Å². The van der Waals surface area contributed by atoms with Crippen LogP contribution in [0.4, 0.5) is 22.0 Å². The molecule has 0 bridgehead atoms. The third kappa shape index (κ3) is 5.89. The fourth-order valence-corrected chi connectivity index (χ4v) is 6.00. The van der Waals surface area contributed by atoms with Crippen LogP contribution in [-0.2, 0) is 17.9 Å². The first kappa shape index (κ1) is 29.0. The lowest BCUT2D eigenvalue weighted by Gasteiger charge is -2.32. The lowest BCUT2D eigenvalue weighted by molar-refractivity contribution is 0.0162. The zero-order valence-corrected chi connectivity index (χ0v) is 24.9. The molecule has 7 rings (SSSR count). The van der Waals surface area contributed by atoms with E-state index in [1.807, 2.05) is 16.9 Å². The molecule has 2 fully saturated rings. The summed E-state index contributed by atoms with van der Waals surface area (Å²) in [6.07, 6.45) is 7.22. The zero-order chi connectivity index (χ0) is 31.1. The van der Waals surface area contributed by atoms with Crippen LogP contribution in [-0.4, -0.2) is 71.7 Å². The van der Waals surface area contributed by atoms with Gasteiger partial charge in [0.2, 0.25) is 11.9 Å². The number of anilines is 3. The molecule has 45 heavy (non-hydrogen) atoms. The Hall–Kier alpha value is -4.72. The number of fused-ring (bicyclic) bond motifs is 1. The van der Waals surface area contributed by atoms with E-state index in [-0.39, 0.29) is 29.1 Å². The molecule has 4 N–H and O–H groups in total. The molecule has 1 saturated carbocycles. The second-order valence-electron chi connectivity index (χ2n) is 11.6. The van der Waals surface area contributed by atoms with Gasteiger partial charge in [0.15, 0.2) is 5.82 Å². The predicted molar refractivity (Wildman–Crippen MR) is 168 cm³/mol. The maximum absolute atomic E-state index is 15.2. The van der Waals surface area contributed by atoms with Crippen LogP contribution in [0.5, 0.6) is 0 Å². The molecule has 2 aliphatic rings. The van der Waals surface area contributed by atoms with Crippen molar-refractivity contribution in [2.24, 2.45) is 0 Å². The molecule has 13 heteroatoms. The Morgan fingerprint density at radius 1 is 1.16 bits per heavy atom. The molecule has 1 saturated heterocycles. The highest BCUT2D eigenvalue weighted by Gasteiger charge is 2.25. The monoisotopic (exact) mass is 611 g/mol. The van der Waals surface area contributed by atoms with Gasteiger partial charge in [-0.1, -0.05) is 18.2 Å². The highest BCUT2D eigenvalue weighted by atomic mass is 19.1. The van der Waals surface area contributed by atoms with Crippen molar-refractivity contribution in [2.45, 2.75) is 44.9 Å². The minimum absolute atomic E-state index is 0.00645. The number of nitrogens with two attached hydrogens (primary N) is 1. The molecule has 1 unspecified atom stereocenters. The highest BCUT2D eigenvalue weighted by molar-refractivity contribution is 5.83. The Kier molecular flexibility index (Phi) is 7.73. The number of benzene rings is 2. The number of nitrogens with zero attached hydrogens (tertiary/aromatic N) is 7. The molecule has 5 aromatic rings. The maximum atomic E-state index is 15.2. The van der Waals surface area contributed by atoms with Crippen molar-refractivity contribution >= 4 is 28.4 Å². The van der Waals surface area contributed by atoms with Gasteiger partial charge in [0.05, 0.1) is 49.3 Å². The average Bonchev–Trinajstić information content (AvgIpc) is 3.81. The topological polar surface area (TPSA) is 149 Å². The molecule has 232 valence electrons. The van der Waals surface area contributed by atoms with Crippen molar-refractivity contribution in [3.05, 3.63) is 82.3 Å². The number of aliphatic hydroxyl groups is 1. The van der Waals surface area contributed by atoms with Crippen LogP contribution in [0.3, 0.4) is 0 Å². The van der Waals surface area contributed by atoms with Crippen LogP contribution in [0.2, 0.25) is 0 Å². The van der Waals surface area contributed by atoms with Gasteiger partial charge in [0.25, 0.3) is 5.56 Å². The van der Waals surface area contributed by atoms with E-state index in [0.717, 1.165) is 44.7 Å². The highest BCUT2D eigenvalue weighted by Crippen LogP contribution is 2.41. The number of rotatable bonds is 9. The van der Waals surface area contributed by atoms with E-state index < -0.39 is 18.0 Å². The first-order valence-electron chi connectivity index (χ1n) is 15.1. The molecule has 1 aliphatic heterocycles. The van der Waals surface area contributed by atoms with Crippen molar-refractivity contribution < 1.29 is 14.2 Å². The van der Waals surface area contributed by atoms with Crippen LogP contribution in [0.15, 0.2) is 59.8 Å². The minimum Gasteiger partial charge on any atom is -0.392 e. The summed E-state index contributed by atoms with van der Waals surface area (Å²) in [6, 6.07) is 10.5. The normalized spacial score (nSPS) is 16.2. The van der Waals surface area contributed by atoms with Crippen LogP contribution in [0.25, 0.3) is 27.8 Å². The van der Waals surface area contributed by atoms with E-state index >= 15 is 4.39 Å². The number of hydrogen-bond acceptors (Lipinski definition) is 10. The largest absolute Gasteiger partial charge is 0.392 e. The molecular weight excluding hydrogens is 577 g/mol. The summed E-state index contributed by atoms with van der Waals surface area (Å²) in [6.45, 7) is 5.70. The maximum Gasteiger partial charge on any atom is 0.265 e. The van der Waals surface area contributed by atoms with E-state index in [9.17, 15) is 9.90 Å². The molecule has 0 amide bonds. The first-order valence-corrected chi connectivity index (χ1v) is 15.1. The zero-order valence-electron chi connectivity index (χ0n) is 24.9. The SMILES string of the molecule is CC(Cn1cc(Nc2nc(N)nc(-c3cccc(-n4ccc5cc(C6CC6)cc(F)c5c4=O)c3CO)n2)cn1)N1CCOCC1. The number of ether oxygens (including phenoxy) is 1. The summed E-state index contributed by atoms with van der Waals surface area (Å²) in [5.41, 5.74) is 8.39. The molecule has 3 aromatic heterocycles. The van der Waals surface area contributed by atoms with Crippen LogP contribution >= 0.6 is 0 Å². The van der Waals surface area contributed by atoms with Gasteiger partial charge in [-0.15, -0.1) is 0 Å². The van der Waals surface area contributed by atoms with Gasteiger partial charge in [-0.2, -0.15) is 20.1 Å². The molecule has 4 heterocycles. The third-order valence-electron chi connectivity index (χ3n) is 8.50. The minimum atomic E-state index is -0.546. The standard InChI is InChI=1S/C32H34FN9O3/c1-19(40-9-11-45-12-10-40)16-41-17-23(15-35-41)36-32-38-29(37-31(34)39-32)24-3-2-4-27(25(24)18-43)42-8-7-21-13-22(20-5-6-20)14-26(33)28(21)30(42)44/h2-4,7-8,13-15,17,19-20,43H,5-6,9-12,16,18H2,1H3,(H3,34,36,37,38,39). The lowest BCUT2D eigenvalue weighted by atomic mass is 10.0. The van der Waals surface area contributed by atoms with E-state index in [2.05, 4.69) is 37.2 Å². The van der Waals surface area contributed by atoms with Crippen molar-refractivity contribution in [1.29, 1.82) is 0 Å². The number of morpholine rings is 1. The summed E-state index contributed by atoms with van der Waals surface area (Å²) in [7, 11) is 0. The number of pyridine rings is 1. The number of aromatic nitrogens is 6. The summed E-state index contributed by atoms with van der Waals surface area (Å²) in [5, 5.41) is 18.7. The lowest BCUT2D eigenvalue weighted by Crippen LogP contribution is -2.43. The summed E-state index contributed by atoms with van der Waals surface area (Å²) in [5.74, 6) is 0.190. The Morgan fingerprint density at radius 2 is 1.98 bits per heavy atom. The second kappa shape index (κ2) is 12.0. The Bertz CT molecular complexity index is 1930. The second-order valence-corrected chi connectivity index (χ2v) is 11.6. The fourth-order valence-electron chi connectivity index (χ4n) is 6.00. The molecule has 2 aromatic carbocycles. The summed E-state index contributed by atoms with van der Waals surface area (Å²) < 4.78 is 23.9. The quantitative estimate of drug-likeness (QED) is 0.226. The van der Waals surface area contributed by atoms with E-state index in [0.29, 0.717) is 40.4 Å². The van der Waals surface area contributed by atoms with Crippen molar-refractivity contribution in [1.82, 2.24) is 34.2 Å². The van der Waals surface area contributed by atoms with Gasteiger partial charge in [-0.25, -0.2) is 4.39 Å². The Morgan fingerprint density at radius 3 is 2.76 bits per heavy atom. The number of nitrogen functional groups attached to an aromatic ring is 1. The van der Waals surface area contributed by atoms with Crippen molar-refractivity contribution in [3.8, 4) is 17.1 Å². The van der Waals surface area contributed by atoms with Gasteiger partial charge in [-0.05, 0) is 54.8 Å². The fraction of sp³-hybridized carbons (Fsp3) is 0.344. The van der Waals surface area contributed by atoms with Gasteiger partial charge >= 0.3 is 0 Å². The molecule has 1 atom stereocenters. The summed E-state index contributed by atoms with van der Waals surface area (Å²) >= 11 is 0. The third-order valence-corrected chi connectivity index (χ3v) is 8.50. The number of hydrogen-bond donors (Lipinski definition) is 3. The molecular formula is C32H34FN9O3. The molecule has 1 aliphatic carbocycles. The number of aliphatic hydroxyl groups excluding tert-OH is 1. The molecule has 0 spiro atoms. The van der Waals surface area contributed by atoms with Crippen molar-refractivity contribution in [3.63, 3.8) is 0 Å². The van der Waals surface area contributed by atoms with Crippen LogP contribution in [0.1, 0.15) is 36.8 Å². The van der Waals surface area contributed by atoms with E-state index in [1.54, 1.807) is 36.7 Å². The Balaban J connectivity index is 1.18. The van der Waals surface area contributed by atoms with Gasteiger partial charge < -0.3 is 20.9 Å². The average molecular weight is 612 g/mol. The predicted octanol–water partition coefficient (Wildman–Crippen LogP) is 3.59. The van der Waals surface area contributed by atoms with Gasteiger partial charge in [0, 0.05) is 42.7 Å². The van der Waals surface area contributed by atoms with Crippen LogP contribution in [0, 0.1) is 5.82 Å². The number of nitrogens with one attached hydrogen (secondary N) is 1. The number of halogens is 1. The summed E-state index contributed by atoms with van der Waals surface area (Å²) in [4.78, 5) is 29.1. The Labute approximate surface area is 258 Å². The van der Waals surface area contributed by atoms with Crippen LogP contribution < -0.4 is 16.6 Å². The van der Waals surface area contributed by atoms with E-state index in [4.69, 9.17) is 10.5 Å². The van der Waals surface area contributed by atoms with E-state index in [1.165, 1.54) is 10.6 Å². The van der Waals surface area contributed by atoms with Gasteiger partial charge in [-0.3, -0.25) is 18.9 Å². The molecule has 12 nitrogen and oxygen atoms in total.